The van der Waals surface area contributed by atoms with Crippen LogP contribution in [0.2, 0.25) is 0 Å². The molecule has 106 valence electrons. The molecule has 1 aliphatic rings. The molecule has 0 aliphatic carbocycles. The summed E-state index contributed by atoms with van der Waals surface area (Å²) in [6.45, 7) is 7.23. The predicted octanol–water partition coefficient (Wildman–Crippen LogP) is 3.07. The molecule has 2 heterocycles. The van der Waals surface area contributed by atoms with E-state index in [1.165, 1.54) is 11.1 Å². The van der Waals surface area contributed by atoms with Gasteiger partial charge in [-0.15, -0.1) is 0 Å². The molecule has 0 N–H and O–H groups in total. The molecule has 3 rings (SSSR count). The number of likely N-dealkylation sites (tertiary alicyclic amines) is 1. The summed E-state index contributed by atoms with van der Waals surface area (Å²) < 4.78 is 5.29. The molecule has 1 aromatic heterocycles. The van der Waals surface area contributed by atoms with Crippen LogP contribution in [0.15, 0.2) is 28.8 Å². The van der Waals surface area contributed by atoms with Gasteiger partial charge in [-0.05, 0) is 45.3 Å². The Balaban J connectivity index is 1.54. The normalized spacial score (nSPS) is 17.5. The molecule has 1 aromatic carbocycles. The third-order valence-electron chi connectivity index (χ3n) is 4.01. The van der Waals surface area contributed by atoms with E-state index in [4.69, 9.17) is 4.52 Å². The molecule has 4 heteroatoms. The van der Waals surface area contributed by atoms with Gasteiger partial charge < -0.3 is 4.52 Å². The zero-order valence-corrected chi connectivity index (χ0v) is 12.2. The Morgan fingerprint density at radius 3 is 2.45 bits per heavy atom. The lowest BCUT2D eigenvalue weighted by Crippen LogP contribution is -2.32. The van der Waals surface area contributed by atoms with Crippen LogP contribution in [0.3, 0.4) is 0 Å². The minimum absolute atomic E-state index is 0.436. The van der Waals surface area contributed by atoms with Crippen molar-refractivity contribution in [2.75, 3.05) is 13.1 Å². The lowest BCUT2D eigenvalue weighted by atomic mass is 9.96. The fourth-order valence-corrected chi connectivity index (χ4v) is 2.77. The first-order valence-corrected chi connectivity index (χ1v) is 7.29. The van der Waals surface area contributed by atoms with E-state index >= 15 is 0 Å². The van der Waals surface area contributed by atoms with Gasteiger partial charge in [0, 0.05) is 12.5 Å². The molecule has 0 bridgehead atoms. The first-order valence-electron chi connectivity index (χ1n) is 7.29. The predicted molar refractivity (Wildman–Crippen MR) is 77.5 cm³/mol. The Morgan fingerprint density at radius 2 is 1.85 bits per heavy atom. The highest BCUT2D eigenvalue weighted by Gasteiger charge is 2.24. The summed E-state index contributed by atoms with van der Waals surface area (Å²) in [5.74, 6) is 1.99. The van der Waals surface area contributed by atoms with E-state index in [1.807, 2.05) is 6.92 Å². The zero-order valence-electron chi connectivity index (χ0n) is 12.2. The Hall–Kier alpha value is -1.68. The highest BCUT2D eigenvalue weighted by Crippen LogP contribution is 2.27. The van der Waals surface area contributed by atoms with Crippen LogP contribution < -0.4 is 0 Å². The molecule has 4 nitrogen and oxygen atoms in total. The molecule has 0 amide bonds. The second kappa shape index (κ2) is 5.75. The maximum absolute atomic E-state index is 5.29. The number of rotatable bonds is 3. The summed E-state index contributed by atoms with van der Waals surface area (Å²) in [5.41, 5.74) is 2.71. The summed E-state index contributed by atoms with van der Waals surface area (Å²) in [7, 11) is 0. The molecule has 0 spiro atoms. The molecule has 0 atom stereocenters. The maximum Gasteiger partial charge on any atom is 0.229 e. The van der Waals surface area contributed by atoms with E-state index in [1.54, 1.807) is 0 Å². The maximum atomic E-state index is 5.29. The first-order chi connectivity index (χ1) is 9.70. The number of hydrogen-bond acceptors (Lipinski definition) is 4. The van der Waals surface area contributed by atoms with Gasteiger partial charge in [0.05, 0.1) is 0 Å². The van der Waals surface area contributed by atoms with Crippen molar-refractivity contribution in [3.63, 3.8) is 0 Å². The summed E-state index contributed by atoms with van der Waals surface area (Å²) in [6.07, 6.45) is 2.21. The fourth-order valence-electron chi connectivity index (χ4n) is 2.77. The van der Waals surface area contributed by atoms with Gasteiger partial charge in [0.15, 0.2) is 5.82 Å². The Morgan fingerprint density at radius 1 is 1.15 bits per heavy atom. The number of piperidine rings is 1. The molecule has 0 saturated carbocycles. The molecule has 1 fully saturated rings. The van der Waals surface area contributed by atoms with Gasteiger partial charge in [0.25, 0.3) is 0 Å². The number of aryl methyl sites for hydroxylation is 2. The highest BCUT2D eigenvalue weighted by atomic mass is 16.5. The van der Waals surface area contributed by atoms with Gasteiger partial charge in [-0.2, -0.15) is 4.98 Å². The van der Waals surface area contributed by atoms with Crippen LogP contribution >= 0.6 is 0 Å². The van der Waals surface area contributed by atoms with Crippen LogP contribution in [0.5, 0.6) is 0 Å². The molecule has 1 aliphatic heterocycles. The quantitative estimate of drug-likeness (QED) is 0.860. The second-order valence-electron chi connectivity index (χ2n) is 5.72. The lowest BCUT2D eigenvalue weighted by molar-refractivity contribution is 0.187. The third-order valence-corrected chi connectivity index (χ3v) is 4.01. The van der Waals surface area contributed by atoms with Crippen LogP contribution in [0, 0.1) is 13.8 Å². The highest BCUT2D eigenvalue weighted by molar-refractivity contribution is 5.21. The minimum Gasteiger partial charge on any atom is -0.339 e. The minimum atomic E-state index is 0.436. The summed E-state index contributed by atoms with van der Waals surface area (Å²) in [4.78, 5) is 6.86. The van der Waals surface area contributed by atoms with Crippen molar-refractivity contribution in [2.45, 2.75) is 39.2 Å². The number of hydrogen-bond donors (Lipinski definition) is 0. The van der Waals surface area contributed by atoms with Crippen LogP contribution in [-0.4, -0.2) is 28.1 Å². The molecule has 2 aromatic rings. The lowest BCUT2D eigenvalue weighted by Gasteiger charge is -2.30. The van der Waals surface area contributed by atoms with Crippen molar-refractivity contribution in [3.05, 3.63) is 47.1 Å². The average Bonchev–Trinajstić information content (AvgIpc) is 2.89. The smallest absolute Gasteiger partial charge is 0.229 e. The molecule has 0 radical (unpaired) electrons. The Labute approximate surface area is 119 Å². The van der Waals surface area contributed by atoms with Crippen molar-refractivity contribution in [3.8, 4) is 0 Å². The number of benzene rings is 1. The largest absolute Gasteiger partial charge is 0.339 e. The van der Waals surface area contributed by atoms with Crippen LogP contribution in [0.25, 0.3) is 0 Å². The molecular weight excluding hydrogens is 250 g/mol. The molecular formula is C16H21N3O. The van der Waals surface area contributed by atoms with E-state index in [2.05, 4.69) is 46.2 Å². The first kappa shape index (κ1) is 13.3. The van der Waals surface area contributed by atoms with Crippen molar-refractivity contribution < 1.29 is 4.52 Å². The van der Waals surface area contributed by atoms with E-state index in [9.17, 15) is 0 Å². The van der Waals surface area contributed by atoms with Gasteiger partial charge in [-0.1, -0.05) is 35.0 Å². The summed E-state index contributed by atoms with van der Waals surface area (Å²) in [5, 5.41) is 3.89. The standard InChI is InChI=1S/C16H21N3O/c1-12-3-5-14(6-4-12)11-19-9-7-15(8-10-19)16-17-13(2)18-20-16/h3-6,15H,7-11H2,1-2H3. The van der Waals surface area contributed by atoms with E-state index in [0.29, 0.717) is 5.92 Å². The molecule has 20 heavy (non-hydrogen) atoms. The number of nitrogens with zero attached hydrogens (tertiary/aromatic N) is 3. The molecule has 0 unspecified atom stereocenters. The fraction of sp³-hybridized carbons (Fsp3) is 0.500. The third kappa shape index (κ3) is 3.07. The van der Waals surface area contributed by atoms with Crippen LogP contribution in [0.1, 0.15) is 41.6 Å². The van der Waals surface area contributed by atoms with E-state index < -0.39 is 0 Å². The summed E-state index contributed by atoms with van der Waals surface area (Å²) in [6, 6.07) is 8.82. The van der Waals surface area contributed by atoms with E-state index in [-0.39, 0.29) is 0 Å². The Bertz CT molecular complexity index is 553. The van der Waals surface area contributed by atoms with Gasteiger partial charge in [-0.3, -0.25) is 4.90 Å². The van der Waals surface area contributed by atoms with Gasteiger partial charge in [0.2, 0.25) is 5.89 Å². The number of aromatic nitrogens is 2. The molecule has 1 saturated heterocycles. The van der Waals surface area contributed by atoms with Gasteiger partial charge >= 0.3 is 0 Å². The second-order valence-corrected chi connectivity index (χ2v) is 5.72. The zero-order chi connectivity index (χ0) is 13.9. The van der Waals surface area contributed by atoms with Crippen molar-refractivity contribution in [2.24, 2.45) is 0 Å². The average molecular weight is 271 g/mol. The van der Waals surface area contributed by atoms with Crippen molar-refractivity contribution >= 4 is 0 Å². The Kier molecular flexibility index (Phi) is 3.83. The van der Waals surface area contributed by atoms with Crippen LogP contribution in [0.4, 0.5) is 0 Å². The van der Waals surface area contributed by atoms with Gasteiger partial charge in [-0.25, -0.2) is 0 Å². The topological polar surface area (TPSA) is 42.2 Å². The van der Waals surface area contributed by atoms with Crippen molar-refractivity contribution in [1.29, 1.82) is 0 Å². The van der Waals surface area contributed by atoms with Crippen LogP contribution in [-0.2, 0) is 6.54 Å². The van der Waals surface area contributed by atoms with Gasteiger partial charge in [0.1, 0.15) is 0 Å². The van der Waals surface area contributed by atoms with E-state index in [0.717, 1.165) is 44.2 Å². The monoisotopic (exact) mass is 271 g/mol. The SMILES string of the molecule is Cc1ccc(CN2CCC(c3nc(C)no3)CC2)cc1. The van der Waals surface area contributed by atoms with Crippen molar-refractivity contribution in [1.82, 2.24) is 15.0 Å². The summed E-state index contributed by atoms with van der Waals surface area (Å²) >= 11 is 0.